The Bertz CT molecular complexity index is 437. The number of hydrogen-bond donors (Lipinski definition) is 0. The van der Waals surface area contributed by atoms with Gasteiger partial charge in [-0.1, -0.05) is 6.07 Å². The van der Waals surface area contributed by atoms with Gasteiger partial charge in [0.25, 0.3) is 0 Å². The number of aromatic nitrogens is 1. The first-order chi connectivity index (χ1) is 8.31. The average Bonchev–Trinajstić information content (AvgIpc) is 3.14. The third kappa shape index (κ3) is 3.28. The van der Waals surface area contributed by atoms with Gasteiger partial charge in [-0.25, -0.2) is 0 Å². The molecular formula is C14H15NO2. The molecule has 0 spiro atoms. The van der Waals surface area contributed by atoms with Crippen LogP contribution in [0.4, 0.5) is 0 Å². The smallest absolute Gasteiger partial charge is 0.159 e. The van der Waals surface area contributed by atoms with E-state index in [4.69, 9.17) is 4.74 Å². The summed E-state index contributed by atoms with van der Waals surface area (Å²) in [5, 5.41) is 0. The number of methoxy groups -OCH3 is 1. The first kappa shape index (κ1) is 11.6. The fourth-order valence-electron chi connectivity index (χ4n) is 1.70. The van der Waals surface area contributed by atoms with Crippen LogP contribution < -0.4 is 0 Å². The molecule has 1 aromatic heterocycles. The van der Waals surface area contributed by atoms with Crippen LogP contribution in [-0.4, -0.2) is 17.9 Å². The summed E-state index contributed by atoms with van der Waals surface area (Å²) in [5.74, 6) is 0.638. The van der Waals surface area contributed by atoms with Gasteiger partial charge in [0.15, 0.2) is 5.78 Å². The number of allylic oxidation sites excluding steroid dienone is 2. The van der Waals surface area contributed by atoms with Gasteiger partial charge in [0.1, 0.15) is 0 Å². The van der Waals surface area contributed by atoms with E-state index in [1.165, 1.54) is 0 Å². The maximum atomic E-state index is 11.8. The van der Waals surface area contributed by atoms with E-state index in [0.29, 0.717) is 5.92 Å². The Kier molecular flexibility index (Phi) is 3.70. The van der Waals surface area contributed by atoms with Gasteiger partial charge < -0.3 is 4.74 Å². The molecule has 1 saturated carbocycles. The molecule has 2 atom stereocenters. The number of carbonyl (C=O) groups is 1. The van der Waals surface area contributed by atoms with Crippen molar-refractivity contribution in [1.82, 2.24) is 4.98 Å². The summed E-state index contributed by atoms with van der Waals surface area (Å²) in [6, 6.07) is 5.63. The summed E-state index contributed by atoms with van der Waals surface area (Å²) in [5.41, 5.74) is 0.811. The highest BCUT2D eigenvalue weighted by Gasteiger charge is 2.39. The van der Waals surface area contributed by atoms with Crippen LogP contribution in [0, 0.1) is 11.8 Å². The van der Waals surface area contributed by atoms with Crippen molar-refractivity contribution in [3.8, 4) is 0 Å². The standard InChI is InChI=1S/C14H15NO2/c1-17-9-7-11-10-13(11)14(16)6-5-12-4-2-3-8-15-12/h2-9,11,13H,10H2,1H3/b6-5+,9-7-. The molecule has 1 heterocycles. The zero-order valence-corrected chi connectivity index (χ0v) is 9.74. The zero-order chi connectivity index (χ0) is 12.1. The fraction of sp³-hybridized carbons (Fsp3) is 0.286. The SMILES string of the molecule is CO/C=C\C1CC1C(=O)/C=C/c1ccccn1. The minimum Gasteiger partial charge on any atom is -0.505 e. The molecule has 0 amide bonds. The minimum atomic E-state index is 0.126. The second-order valence-electron chi connectivity index (χ2n) is 4.06. The van der Waals surface area contributed by atoms with Crippen LogP contribution in [0.3, 0.4) is 0 Å². The number of nitrogens with zero attached hydrogens (tertiary/aromatic N) is 1. The molecular weight excluding hydrogens is 214 g/mol. The first-order valence-electron chi connectivity index (χ1n) is 5.63. The average molecular weight is 229 g/mol. The fourth-order valence-corrected chi connectivity index (χ4v) is 1.70. The van der Waals surface area contributed by atoms with Crippen LogP contribution in [0.1, 0.15) is 12.1 Å². The maximum absolute atomic E-state index is 11.8. The number of carbonyl (C=O) groups excluding carboxylic acids is 1. The Balaban J connectivity index is 1.87. The zero-order valence-electron chi connectivity index (χ0n) is 9.74. The normalized spacial score (nSPS) is 23.1. The summed E-state index contributed by atoms with van der Waals surface area (Å²) in [4.78, 5) is 15.9. The Morgan fingerprint density at radius 1 is 1.53 bits per heavy atom. The number of hydrogen-bond acceptors (Lipinski definition) is 3. The third-order valence-corrected chi connectivity index (χ3v) is 2.77. The molecule has 0 saturated heterocycles. The van der Waals surface area contributed by atoms with Crippen molar-refractivity contribution in [2.45, 2.75) is 6.42 Å². The van der Waals surface area contributed by atoms with Crippen molar-refractivity contribution in [2.75, 3.05) is 7.11 Å². The molecule has 0 bridgehead atoms. The van der Waals surface area contributed by atoms with Gasteiger partial charge >= 0.3 is 0 Å². The molecule has 88 valence electrons. The second kappa shape index (κ2) is 5.43. The van der Waals surface area contributed by atoms with Crippen LogP contribution in [0.5, 0.6) is 0 Å². The summed E-state index contributed by atoms with van der Waals surface area (Å²) < 4.78 is 4.83. The summed E-state index contributed by atoms with van der Waals surface area (Å²) in [6.45, 7) is 0. The van der Waals surface area contributed by atoms with Gasteiger partial charge in [-0.2, -0.15) is 0 Å². The van der Waals surface area contributed by atoms with E-state index < -0.39 is 0 Å². The van der Waals surface area contributed by atoms with Gasteiger partial charge in [0, 0.05) is 12.1 Å². The molecule has 1 aromatic rings. The largest absolute Gasteiger partial charge is 0.505 e. The van der Waals surface area contributed by atoms with Gasteiger partial charge in [0.05, 0.1) is 19.1 Å². The van der Waals surface area contributed by atoms with Crippen molar-refractivity contribution in [1.29, 1.82) is 0 Å². The molecule has 3 heteroatoms. The third-order valence-electron chi connectivity index (χ3n) is 2.77. The molecule has 3 nitrogen and oxygen atoms in total. The highest BCUT2D eigenvalue weighted by atomic mass is 16.5. The van der Waals surface area contributed by atoms with Crippen molar-refractivity contribution < 1.29 is 9.53 Å². The molecule has 1 fully saturated rings. The number of ketones is 1. The Hall–Kier alpha value is -1.90. The Labute approximate surface area is 101 Å². The van der Waals surface area contributed by atoms with E-state index in [0.717, 1.165) is 12.1 Å². The summed E-state index contributed by atoms with van der Waals surface area (Å²) >= 11 is 0. The van der Waals surface area contributed by atoms with E-state index in [1.54, 1.807) is 31.7 Å². The number of rotatable bonds is 5. The van der Waals surface area contributed by atoms with E-state index in [1.807, 2.05) is 24.3 Å². The topological polar surface area (TPSA) is 39.2 Å². The lowest BCUT2D eigenvalue weighted by Gasteiger charge is -1.92. The quantitative estimate of drug-likeness (QED) is 0.575. The van der Waals surface area contributed by atoms with E-state index in [-0.39, 0.29) is 11.7 Å². The molecule has 0 aliphatic heterocycles. The summed E-state index contributed by atoms with van der Waals surface area (Å²) in [6.07, 6.45) is 9.60. The van der Waals surface area contributed by atoms with E-state index in [9.17, 15) is 4.79 Å². The Morgan fingerprint density at radius 3 is 3.12 bits per heavy atom. The predicted octanol–water partition coefficient (Wildman–Crippen LogP) is 2.46. The predicted molar refractivity (Wildman–Crippen MR) is 66.0 cm³/mol. The monoisotopic (exact) mass is 229 g/mol. The molecule has 1 aliphatic carbocycles. The van der Waals surface area contributed by atoms with Gasteiger partial charge in [-0.15, -0.1) is 0 Å². The first-order valence-corrected chi connectivity index (χ1v) is 5.63. The molecule has 0 N–H and O–H groups in total. The van der Waals surface area contributed by atoms with E-state index >= 15 is 0 Å². The highest BCUT2D eigenvalue weighted by molar-refractivity contribution is 5.97. The summed E-state index contributed by atoms with van der Waals surface area (Å²) in [7, 11) is 1.61. The molecule has 2 rings (SSSR count). The minimum absolute atomic E-state index is 0.126. The molecule has 17 heavy (non-hydrogen) atoms. The van der Waals surface area contributed by atoms with Gasteiger partial charge in [0.2, 0.25) is 0 Å². The second-order valence-corrected chi connectivity index (χ2v) is 4.06. The number of ether oxygens (including phenoxy) is 1. The van der Waals surface area contributed by atoms with E-state index in [2.05, 4.69) is 4.98 Å². The van der Waals surface area contributed by atoms with Crippen LogP contribution in [-0.2, 0) is 9.53 Å². The van der Waals surface area contributed by atoms with Crippen molar-refractivity contribution in [2.24, 2.45) is 11.8 Å². The number of pyridine rings is 1. The van der Waals surface area contributed by atoms with Crippen LogP contribution in [0.25, 0.3) is 6.08 Å². The lowest BCUT2D eigenvalue weighted by atomic mass is 10.2. The van der Waals surface area contributed by atoms with Crippen LogP contribution in [0.2, 0.25) is 0 Å². The highest BCUT2D eigenvalue weighted by Crippen LogP contribution is 2.40. The lowest BCUT2D eigenvalue weighted by molar-refractivity contribution is -0.115. The van der Waals surface area contributed by atoms with Crippen molar-refractivity contribution in [3.05, 3.63) is 48.5 Å². The molecule has 1 aliphatic rings. The molecule has 2 unspecified atom stereocenters. The van der Waals surface area contributed by atoms with Crippen molar-refractivity contribution in [3.63, 3.8) is 0 Å². The lowest BCUT2D eigenvalue weighted by Crippen LogP contribution is -1.96. The maximum Gasteiger partial charge on any atom is 0.159 e. The molecule has 0 aromatic carbocycles. The van der Waals surface area contributed by atoms with Crippen LogP contribution in [0.15, 0.2) is 42.8 Å². The van der Waals surface area contributed by atoms with Crippen LogP contribution >= 0.6 is 0 Å². The van der Waals surface area contributed by atoms with Gasteiger partial charge in [-0.3, -0.25) is 9.78 Å². The van der Waals surface area contributed by atoms with Crippen molar-refractivity contribution >= 4 is 11.9 Å². The Morgan fingerprint density at radius 2 is 2.41 bits per heavy atom. The molecule has 0 radical (unpaired) electrons. The van der Waals surface area contributed by atoms with Gasteiger partial charge in [-0.05, 0) is 42.7 Å².